The summed E-state index contributed by atoms with van der Waals surface area (Å²) < 4.78 is 29.6. The zero-order valence-electron chi connectivity index (χ0n) is 13.6. The lowest BCUT2D eigenvalue weighted by molar-refractivity contribution is -0.118. The topological polar surface area (TPSA) is 29.5 Å². The predicted molar refractivity (Wildman–Crippen MR) is 99.5 cm³/mol. The molecule has 1 saturated carbocycles. The molecule has 0 bridgehead atoms. The smallest absolute Gasteiger partial charge is 0.387 e. The van der Waals surface area contributed by atoms with Crippen molar-refractivity contribution in [3.05, 3.63) is 58.6 Å². The van der Waals surface area contributed by atoms with Crippen LogP contribution in [0.4, 0.5) is 14.5 Å². The molecule has 1 heterocycles. The van der Waals surface area contributed by atoms with Gasteiger partial charge in [0.05, 0.1) is 5.69 Å². The average molecular weight is 443 g/mol. The second-order valence-corrected chi connectivity index (χ2v) is 8.03. The number of ether oxygens (including phenoxy) is 1. The molecular weight excluding hydrogens is 428 g/mol. The number of amides is 1. The fraction of sp³-hybridized carbons (Fsp3) is 0.316. The Balaban J connectivity index is 1.65. The number of anilines is 1. The fourth-order valence-corrected chi connectivity index (χ4v) is 4.20. The number of halogens is 4. The Kier molecular flexibility index (Phi) is 4.43. The molecule has 0 N–H and O–H groups in total. The SMILES string of the molecule is O=C(C(Br)c1ccc(Cl)cc1)N1CC2(CC2)c2ccc(OC(F)F)cc21. The number of alkyl halides is 3. The summed E-state index contributed by atoms with van der Waals surface area (Å²) in [7, 11) is 0. The third-order valence-corrected chi connectivity index (χ3v) is 6.19. The second-order valence-electron chi connectivity index (χ2n) is 6.68. The highest BCUT2D eigenvalue weighted by molar-refractivity contribution is 9.09. The molecule has 2 aromatic carbocycles. The molecule has 4 rings (SSSR count). The molecule has 1 fully saturated rings. The van der Waals surface area contributed by atoms with Gasteiger partial charge in [-0.25, -0.2) is 0 Å². The second kappa shape index (κ2) is 6.50. The van der Waals surface area contributed by atoms with Crippen LogP contribution in [0.2, 0.25) is 5.02 Å². The predicted octanol–water partition coefficient (Wildman–Crippen LogP) is 5.46. The molecule has 7 heteroatoms. The van der Waals surface area contributed by atoms with E-state index >= 15 is 0 Å². The minimum atomic E-state index is -2.90. The van der Waals surface area contributed by atoms with Crippen molar-refractivity contribution in [3.8, 4) is 5.75 Å². The molecule has 26 heavy (non-hydrogen) atoms. The molecule has 3 nitrogen and oxygen atoms in total. The van der Waals surface area contributed by atoms with E-state index in [-0.39, 0.29) is 17.1 Å². The number of hydrogen-bond donors (Lipinski definition) is 0. The van der Waals surface area contributed by atoms with Gasteiger partial charge in [0, 0.05) is 23.0 Å². The molecule has 0 aromatic heterocycles. The first-order chi connectivity index (χ1) is 12.4. The van der Waals surface area contributed by atoms with Gasteiger partial charge in [-0.1, -0.05) is 45.7 Å². The standard InChI is InChI=1S/C19H15BrClF2NO2/c20-16(11-1-3-12(21)4-2-11)17(25)24-10-19(7-8-19)14-6-5-13(9-15(14)24)26-18(22)23/h1-6,9,16,18H,7-8,10H2. The van der Waals surface area contributed by atoms with E-state index in [1.165, 1.54) is 6.07 Å². The van der Waals surface area contributed by atoms with Crippen molar-refractivity contribution >= 4 is 39.1 Å². The van der Waals surface area contributed by atoms with Crippen LogP contribution in [0.15, 0.2) is 42.5 Å². The molecule has 0 radical (unpaired) electrons. The lowest BCUT2D eigenvalue weighted by Gasteiger charge is -2.22. The van der Waals surface area contributed by atoms with E-state index in [2.05, 4.69) is 20.7 Å². The molecule has 136 valence electrons. The Bertz CT molecular complexity index is 855. The van der Waals surface area contributed by atoms with Crippen molar-refractivity contribution in [2.45, 2.75) is 29.7 Å². The van der Waals surface area contributed by atoms with Gasteiger partial charge in [-0.15, -0.1) is 0 Å². The summed E-state index contributed by atoms with van der Waals surface area (Å²) in [4.78, 5) is 14.2. The van der Waals surface area contributed by atoms with Crippen molar-refractivity contribution in [3.63, 3.8) is 0 Å². The van der Waals surface area contributed by atoms with Gasteiger partial charge in [0.2, 0.25) is 5.91 Å². The van der Waals surface area contributed by atoms with Crippen molar-refractivity contribution in [2.24, 2.45) is 0 Å². The number of hydrogen-bond acceptors (Lipinski definition) is 2. The summed E-state index contributed by atoms with van der Waals surface area (Å²) in [5.41, 5.74) is 2.44. The van der Waals surface area contributed by atoms with Crippen LogP contribution in [0.5, 0.6) is 5.75 Å². The largest absolute Gasteiger partial charge is 0.435 e. The van der Waals surface area contributed by atoms with E-state index in [0.29, 0.717) is 17.3 Å². The van der Waals surface area contributed by atoms with E-state index < -0.39 is 11.4 Å². The Morgan fingerprint density at radius 3 is 2.50 bits per heavy atom. The van der Waals surface area contributed by atoms with Gasteiger partial charge < -0.3 is 9.64 Å². The highest BCUT2D eigenvalue weighted by Crippen LogP contribution is 2.57. The lowest BCUT2D eigenvalue weighted by atomic mass is 9.99. The Hall–Kier alpha value is -1.66. The highest BCUT2D eigenvalue weighted by Gasteiger charge is 2.53. The summed E-state index contributed by atoms with van der Waals surface area (Å²) in [5.74, 6) is -0.0709. The summed E-state index contributed by atoms with van der Waals surface area (Å²) in [6, 6.07) is 11.9. The number of carbonyl (C=O) groups excluding carboxylic acids is 1. The lowest BCUT2D eigenvalue weighted by Crippen LogP contribution is -2.33. The first kappa shape index (κ1) is 17.7. The number of benzene rings is 2. The van der Waals surface area contributed by atoms with Gasteiger partial charge >= 0.3 is 6.61 Å². The van der Waals surface area contributed by atoms with E-state index in [4.69, 9.17) is 11.6 Å². The van der Waals surface area contributed by atoms with Crippen LogP contribution < -0.4 is 9.64 Å². The van der Waals surface area contributed by atoms with E-state index in [0.717, 1.165) is 24.0 Å². The van der Waals surface area contributed by atoms with Gasteiger partial charge in [0.1, 0.15) is 10.6 Å². The van der Waals surface area contributed by atoms with Crippen LogP contribution in [0.1, 0.15) is 28.8 Å². The zero-order chi connectivity index (χ0) is 18.5. The van der Waals surface area contributed by atoms with Crippen molar-refractivity contribution in [1.29, 1.82) is 0 Å². The number of carbonyl (C=O) groups is 1. The monoisotopic (exact) mass is 441 g/mol. The van der Waals surface area contributed by atoms with Gasteiger partial charge in [0.25, 0.3) is 0 Å². The van der Waals surface area contributed by atoms with Gasteiger partial charge in [-0.2, -0.15) is 8.78 Å². The van der Waals surface area contributed by atoms with Gasteiger partial charge in [0.15, 0.2) is 0 Å². The van der Waals surface area contributed by atoms with Crippen molar-refractivity contribution in [1.82, 2.24) is 0 Å². The minimum Gasteiger partial charge on any atom is -0.435 e. The molecule has 1 atom stereocenters. The first-order valence-corrected chi connectivity index (χ1v) is 9.49. The molecule has 1 aliphatic carbocycles. The first-order valence-electron chi connectivity index (χ1n) is 8.20. The molecule has 1 amide bonds. The molecule has 0 saturated heterocycles. The third-order valence-electron chi connectivity index (χ3n) is 5.02. The van der Waals surface area contributed by atoms with E-state index in [9.17, 15) is 13.6 Å². The molecule has 1 aliphatic heterocycles. The van der Waals surface area contributed by atoms with E-state index in [1.54, 1.807) is 41.3 Å². The molecule has 1 unspecified atom stereocenters. The molecule has 1 spiro atoms. The quantitative estimate of drug-likeness (QED) is 0.589. The van der Waals surface area contributed by atoms with Crippen LogP contribution >= 0.6 is 27.5 Å². The summed E-state index contributed by atoms with van der Waals surface area (Å²) in [6.07, 6.45) is 1.99. The maximum absolute atomic E-state index is 13.1. The van der Waals surface area contributed by atoms with Crippen LogP contribution in [0.25, 0.3) is 0 Å². The van der Waals surface area contributed by atoms with Crippen LogP contribution in [-0.2, 0) is 10.2 Å². The number of nitrogens with zero attached hydrogens (tertiary/aromatic N) is 1. The summed E-state index contributed by atoms with van der Waals surface area (Å²) in [6.45, 7) is -2.33. The van der Waals surface area contributed by atoms with Crippen molar-refractivity contribution < 1.29 is 18.3 Å². The van der Waals surface area contributed by atoms with Gasteiger partial charge in [-0.05, 0) is 42.2 Å². The maximum atomic E-state index is 13.1. The molecular formula is C19H15BrClF2NO2. The summed E-state index contributed by atoms with van der Waals surface area (Å²) >= 11 is 9.38. The molecule has 2 aromatic rings. The average Bonchev–Trinajstić information content (AvgIpc) is 3.31. The van der Waals surface area contributed by atoms with Crippen molar-refractivity contribution in [2.75, 3.05) is 11.4 Å². The third kappa shape index (κ3) is 3.09. The van der Waals surface area contributed by atoms with Gasteiger partial charge in [-0.3, -0.25) is 4.79 Å². The minimum absolute atomic E-state index is 0.0406. The van der Waals surface area contributed by atoms with Crippen LogP contribution in [0.3, 0.4) is 0 Å². The fourth-order valence-electron chi connectivity index (χ4n) is 3.52. The normalized spacial score (nSPS) is 18.1. The maximum Gasteiger partial charge on any atom is 0.387 e. The Morgan fingerprint density at radius 1 is 1.19 bits per heavy atom. The Labute approximate surface area is 163 Å². The van der Waals surface area contributed by atoms with Crippen LogP contribution in [-0.4, -0.2) is 19.1 Å². The number of fused-ring (bicyclic) bond motifs is 2. The molecule has 2 aliphatic rings. The highest BCUT2D eigenvalue weighted by atomic mass is 79.9. The number of rotatable bonds is 4. The zero-order valence-corrected chi connectivity index (χ0v) is 15.9. The summed E-state index contributed by atoms with van der Waals surface area (Å²) in [5, 5.41) is 0.596. The van der Waals surface area contributed by atoms with E-state index in [1.807, 2.05) is 0 Å². The Morgan fingerprint density at radius 2 is 1.88 bits per heavy atom. The van der Waals surface area contributed by atoms with Crippen LogP contribution in [0, 0.1) is 0 Å².